The Kier molecular flexibility index (Phi) is 5.62. The van der Waals surface area contributed by atoms with Crippen molar-refractivity contribution in [3.05, 3.63) is 23.8 Å². The van der Waals surface area contributed by atoms with E-state index in [1.807, 2.05) is 25.1 Å². The van der Waals surface area contributed by atoms with Gasteiger partial charge in [0, 0.05) is 30.9 Å². The number of nitrogens with two attached hydrogens (primary N) is 1. The van der Waals surface area contributed by atoms with Crippen LogP contribution in [0.25, 0.3) is 0 Å². The van der Waals surface area contributed by atoms with E-state index < -0.39 is 0 Å². The highest BCUT2D eigenvalue weighted by Crippen LogP contribution is 2.27. The molecule has 0 aliphatic heterocycles. The molecule has 2 rings (SSSR count). The lowest BCUT2D eigenvalue weighted by atomic mass is 9.85. The van der Waals surface area contributed by atoms with Gasteiger partial charge in [0.1, 0.15) is 0 Å². The fourth-order valence-corrected chi connectivity index (χ4v) is 2.72. The first-order valence-corrected chi connectivity index (χ1v) is 7.96. The van der Waals surface area contributed by atoms with Crippen LogP contribution in [-0.2, 0) is 4.79 Å². The molecule has 1 aliphatic rings. The van der Waals surface area contributed by atoms with E-state index in [0.29, 0.717) is 6.42 Å². The summed E-state index contributed by atoms with van der Waals surface area (Å²) in [4.78, 5) is 14.5. The summed E-state index contributed by atoms with van der Waals surface area (Å²) < 4.78 is 0. The first-order chi connectivity index (χ1) is 10.1. The average Bonchev–Trinajstić information content (AvgIpc) is 2.40. The molecule has 1 aromatic carbocycles. The fourth-order valence-electron chi connectivity index (χ4n) is 2.72. The second-order valence-electron chi connectivity index (χ2n) is 6.06. The van der Waals surface area contributed by atoms with Gasteiger partial charge < -0.3 is 16.0 Å². The molecule has 0 atom stereocenters. The van der Waals surface area contributed by atoms with Gasteiger partial charge in [-0.3, -0.25) is 4.79 Å². The lowest BCUT2D eigenvalue weighted by Gasteiger charge is -2.31. The normalized spacial score (nSPS) is 15.0. The van der Waals surface area contributed by atoms with E-state index >= 15 is 0 Å². The Balaban J connectivity index is 1.77. The van der Waals surface area contributed by atoms with Gasteiger partial charge in [-0.1, -0.05) is 13.3 Å². The zero-order valence-electron chi connectivity index (χ0n) is 13.2. The van der Waals surface area contributed by atoms with Crippen LogP contribution in [-0.4, -0.2) is 30.4 Å². The number of nitrogen functional groups attached to an aromatic ring is 1. The van der Waals surface area contributed by atoms with Crippen LogP contribution in [0.4, 0.5) is 11.4 Å². The number of carbonyl (C=O) groups excluding carboxylic acids is 1. The number of nitrogens with one attached hydrogen (secondary N) is 1. The fraction of sp³-hybridized carbons (Fsp3) is 0.588. The number of nitrogens with zero attached hydrogens (tertiary/aromatic N) is 1. The third-order valence-corrected chi connectivity index (χ3v) is 4.37. The smallest absolute Gasteiger partial charge is 0.225 e. The second-order valence-corrected chi connectivity index (χ2v) is 6.06. The molecule has 4 heteroatoms. The van der Waals surface area contributed by atoms with E-state index in [1.165, 1.54) is 19.3 Å². The topological polar surface area (TPSA) is 58.4 Å². The van der Waals surface area contributed by atoms with Crippen LogP contribution < -0.4 is 11.1 Å². The second kappa shape index (κ2) is 7.46. The van der Waals surface area contributed by atoms with Gasteiger partial charge in [-0.15, -0.1) is 0 Å². The molecule has 0 spiro atoms. The molecular formula is C17H27N3O. The van der Waals surface area contributed by atoms with E-state index in [1.54, 1.807) is 0 Å². The highest BCUT2D eigenvalue weighted by molar-refractivity contribution is 5.91. The summed E-state index contributed by atoms with van der Waals surface area (Å²) in [6.45, 7) is 7.13. The SMILES string of the molecule is CCN(CCC(=O)Nc1ccc(N)cc1C)CC1CCC1. The third-order valence-electron chi connectivity index (χ3n) is 4.37. The number of rotatable bonds is 7. The van der Waals surface area contributed by atoms with Crippen molar-refractivity contribution >= 4 is 17.3 Å². The molecular weight excluding hydrogens is 262 g/mol. The molecule has 1 saturated carbocycles. The monoisotopic (exact) mass is 289 g/mol. The standard InChI is InChI=1S/C17H27N3O/c1-3-20(12-14-5-4-6-14)10-9-17(21)19-16-8-7-15(18)11-13(16)2/h7-8,11,14H,3-6,9-10,12,18H2,1-2H3,(H,19,21). The molecule has 3 N–H and O–H groups in total. The van der Waals surface area contributed by atoms with E-state index in [-0.39, 0.29) is 5.91 Å². The molecule has 1 fully saturated rings. The number of aryl methyl sites for hydroxylation is 1. The first-order valence-electron chi connectivity index (χ1n) is 7.96. The molecule has 1 aromatic rings. The van der Waals surface area contributed by atoms with E-state index in [0.717, 1.165) is 42.5 Å². The average molecular weight is 289 g/mol. The molecule has 0 radical (unpaired) electrons. The number of carbonyl (C=O) groups is 1. The predicted octanol–water partition coefficient (Wildman–Crippen LogP) is 3.03. The minimum absolute atomic E-state index is 0.0786. The molecule has 4 nitrogen and oxygen atoms in total. The summed E-state index contributed by atoms with van der Waals surface area (Å²) >= 11 is 0. The van der Waals surface area contributed by atoms with Crippen LogP contribution in [0.15, 0.2) is 18.2 Å². The zero-order valence-corrected chi connectivity index (χ0v) is 13.2. The first kappa shape index (κ1) is 15.8. The van der Waals surface area contributed by atoms with Gasteiger partial charge in [0.05, 0.1) is 0 Å². The molecule has 116 valence electrons. The Morgan fingerprint density at radius 2 is 2.19 bits per heavy atom. The van der Waals surface area contributed by atoms with Gasteiger partial charge in [-0.25, -0.2) is 0 Å². The van der Waals surface area contributed by atoms with Gasteiger partial charge >= 0.3 is 0 Å². The van der Waals surface area contributed by atoms with Crippen molar-refractivity contribution in [3.8, 4) is 0 Å². The number of hydrogen-bond donors (Lipinski definition) is 2. The molecule has 0 unspecified atom stereocenters. The quantitative estimate of drug-likeness (QED) is 0.759. The van der Waals surface area contributed by atoms with Crippen molar-refractivity contribution in [2.24, 2.45) is 5.92 Å². The van der Waals surface area contributed by atoms with Crippen molar-refractivity contribution in [1.29, 1.82) is 0 Å². The Bertz CT molecular complexity index is 483. The van der Waals surface area contributed by atoms with Crippen molar-refractivity contribution < 1.29 is 4.79 Å². The van der Waals surface area contributed by atoms with E-state index in [4.69, 9.17) is 5.73 Å². The maximum absolute atomic E-state index is 12.1. The summed E-state index contributed by atoms with van der Waals surface area (Å²) in [5, 5.41) is 2.98. The Hall–Kier alpha value is -1.55. The lowest BCUT2D eigenvalue weighted by Crippen LogP contribution is -2.34. The van der Waals surface area contributed by atoms with Crippen molar-refractivity contribution in [2.75, 3.05) is 30.7 Å². The summed E-state index contributed by atoms with van der Waals surface area (Å²) in [5.74, 6) is 0.933. The number of amides is 1. The molecule has 0 bridgehead atoms. The van der Waals surface area contributed by atoms with Crippen molar-refractivity contribution in [1.82, 2.24) is 4.90 Å². The number of anilines is 2. The van der Waals surface area contributed by atoms with Gasteiger partial charge in [0.15, 0.2) is 0 Å². The van der Waals surface area contributed by atoms with Crippen LogP contribution >= 0.6 is 0 Å². The number of benzene rings is 1. The van der Waals surface area contributed by atoms with E-state index in [2.05, 4.69) is 17.1 Å². The lowest BCUT2D eigenvalue weighted by molar-refractivity contribution is -0.116. The Morgan fingerprint density at radius 3 is 2.76 bits per heavy atom. The molecule has 0 saturated heterocycles. The highest BCUT2D eigenvalue weighted by atomic mass is 16.1. The van der Waals surface area contributed by atoms with Crippen LogP contribution in [0.2, 0.25) is 0 Å². The van der Waals surface area contributed by atoms with Gasteiger partial charge in [-0.2, -0.15) is 0 Å². The van der Waals surface area contributed by atoms with Gasteiger partial charge in [0.25, 0.3) is 0 Å². The molecule has 1 amide bonds. The van der Waals surface area contributed by atoms with Crippen molar-refractivity contribution in [3.63, 3.8) is 0 Å². The Labute approximate surface area is 127 Å². The van der Waals surface area contributed by atoms with Crippen LogP contribution in [0.5, 0.6) is 0 Å². The highest BCUT2D eigenvalue weighted by Gasteiger charge is 2.20. The Morgan fingerprint density at radius 1 is 1.43 bits per heavy atom. The van der Waals surface area contributed by atoms with Crippen molar-refractivity contribution in [2.45, 2.75) is 39.5 Å². The molecule has 0 heterocycles. The summed E-state index contributed by atoms with van der Waals surface area (Å²) in [6.07, 6.45) is 4.63. The van der Waals surface area contributed by atoms with Gasteiger partial charge in [-0.05, 0) is 56.0 Å². The maximum Gasteiger partial charge on any atom is 0.225 e. The largest absolute Gasteiger partial charge is 0.399 e. The molecule has 21 heavy (non-hydrogen) atoms. The van der Waals surface area contributed by atoms with Crippen LogP contribution in [0.1, 0.15) is 38.2 Å². The summed E-state index contributed by atoms with van der Waals surface area (Å²) in [5.41, 5.74) is 8.31. The zero-order chi connectivity index (χ0) is 15.2. The van der Waals surface area contributed by atoms with Crippen LogP contribution in [0, 0.1) is 12.8 Å². The minimum Gasteiger partial charge on any atom is -0.399 e. The minimum atomic E-state index is 0.0786. The summed E-state index contributed by atoms with van der Waals surface area (Å²) in [7, 11) is 0. The van der Waals surface area contributed by atoms with Gasteiger partial charge in [0.2, 0.25) is 5.91 Å². The maximum atomic E-state index is 12.1. The van der Waals surface area contributed by atoms with E-state index in [9.17, 15) is 4.79 Å². The molecule has 1 aliphatic carbocycles. The number of hydrogen-bond acceptors (Lipinski definition) is 3. The predicted molar refractivity (Wildman–Crippen MR) is 88.3 cm³/mol. The third kappa shape index (κ3) is 4.74. The van der Waals surface area contributed by atoms with Crippen LogP contribution in [0.3, 0.4) is 0 Å². The summed E-state index contributed by atoms with van der Waals surface area (Å²) in [6, 6.07) is 5.57. The molecule has 0 aromatic heterocycles.